The van der Waals surface area contributed by atoms with Gasteiger partial charge in [-0.25, -0.2) is 0 Å². The van der Waals surface area contributed by atoms with Crippen molar-refractivity contribution in [2.24, 2.45) is 0 Å². The molecule has 1 N–H and O–H groups in total. The Hall–Kier alpha value is -0.510. The number of thioether (sulfide) groups is 1. The number of hydrogen-bond donors (Lipinski definition) is 1. The average Bonchev–Trinajstić information content (AvgIpc) is 2.48. The van der Waals surface area contributed by atoms with E-state index in [0.29, 0.717) is 6.04 Å². The van der Waals surface area contributed by atoms with Gasteiger partial charge in [-0.2, -0.15) is 11.8 Å². The molecule has 0 bridgehead atoms. The number of aryl methyl sites for hydroxylation is 1. The maximum absolute atomic E-state index is 6.16. The van der Waals surface area contributed by atoms with Crippen LogP contribution in [0.3, 0.4) is 0 Å². The predicted octanol–water partition coefficient (Wildman–Crippen LogP) is 3.57. The van der Waals surface area contributed by atoms with E-state index in [9.17, 15) is 0 Å². The maximum Gasteiger partial charge on any atom is 0.0713 e. The summed E-state index contributed by atoms with van der Waals surface area (Å²) in [7, 11) is 0. The fourth-order valence-electron chi connectivity index (χ4n) is 3.58. The van der Waals surface area contributed by atoms with E-state index >= 15 is 0 Å². The van der Waals surface area contributed by atoms with Gasteiger partial charge in [-0.1, -0.05) is 29.8 Å². The number of ether oxygens (including phenoxy) is 1. The highest BCUT2D eigenvalue weighted by molar-refractivity contribution is 7.99. The van der Waals surface area contributed by atoms with Gasteiger partial charge in [-0.15, -0.1) is 0 Å². The van der Waals surface area contributed by atoms with E-state index in [1.165, 1.54) is 48.3 Å². The third kappa shape index (κ3) is 4.24. The molecule has 2 saturated heterocycles. The Kier molecular flexibility index (Phi) is 5.25. The van der Waals surface area contributed by atoms with Gasteiger partial charge in [0.05, 0.1) is 5.60 Å². The van der Waals surface area contributed by atoms with Crippen LogP contribution in [0.5, 0.6) is 0 Å². The quantitative estimate of drug-likeness (QED) is 0.919. The molecule has 0 aromatic heterocycles. The molecule has 2 aliphatic heterocycles. The first-order valence-electron chi connectivity index (χ1n) is 8.26. The molecular formula is C18H27NOS. The van der Waals surface area contributed by atoms with E-state index < -0.39 is 0 Å². The molecule has 1 unspecified atom stereocenters. The molecule has 116 valence electrons. The highest BCUT2D eigenvalue weighted by Crippen LogP contribution is 2.37. The lowest BCUT2D eigenvalue weighted by atomic mass is 9.85. The molecule has 2 aliphatic rings. The molecule has 2 nitrogen and oxygen atoms in total. The first kappa shape index (κ1) is 15.4. The molecule has 2 fully saturated rings. The number of rotatable bonds is 4. The Morgan fingerprint density at radius 3 is 3.00 bits per heavy atom. The van der Waals surface area contributed by atoms with E-state index in [2.05, 4.69) is 48.3 Å². The molecule has 1 aromatic rings. The largest absolute Gasteiger partial charge is 0.375 e. The normalized spacial score (nSPS) is 25.1. The van der Waals surface area contributed by atoms with Crippen LogP contribution in [0.1, 0.15) is 36.8 Å². The van der Waals surface area contributed by atoms with E-state index in [1.54, 1.807) is 0 Å². The van der Waals surface area contributed by atoms with E-state index in [1.807, 2.05) is 0 Å². The third-order valence-corrected chi connectivity index (χ3v) is 5.81. The lowest BCUT2D eigenvalue weighted by molar-refractivity contribution is -0.0930. The minimum Gasteiger partial charge on any atom is -0.375 e. The van der Waals surface area contributed by atoms with Crippen LogP contribution in [-0.2, 0) is 11.2 Å². The molecule has 0 radical (unpaired) electrons. The first-order chi connectivity index (χ1) is 10.3. The first-order valence-corrected chi connectivity index (χ1v) is 9.42. The van der Waals surface area contributed by atoms with Crippen LogP contribution in [0.25, 0.3) is 0 Å². The molecule has 1 aromatic carbocycles. The monoisotopic (exact) mass is 305 g/mol. The zero-order valence-electron chi connectivity index (χ0n) is 13.1. The molecule has 0 saturated carbocycles. The fourth-order valence-corrected chi connectivity index (χ4v) is 4.82. The summed E-state index contributed by atoms with van der Waals surface area (Å²) >= 11 is 2.08. The van der Waals surface area contributed by atoms with Gasteiger partial charge in [0.1, 0.15) is 0 Å². The lowest BCUT2D eigenvalue weighted by Crippen LogP contribution is -2.49. The van der Waals surface area contributed by atoms with Crippen LogP contribution < -0.4 is 5.32 Å². The van der Waals surface area contributed by atoms with Crippen LogP contribution in [-0.4, -0.2) is 36.3 Å². The second-order valence-electron chi connectivity index (χ2n) is 6.53. The zero-order valence-corrected chi connectivity index (χ0v) is 13.9. The lowest BCUT2D eigenvalue weighted by Gasteiger charge is -2.43. The Labute approximate surface area is 133 Å². The van der Waals surface area contributed by atoms with Crippen molar-refractivity contribution >= 4 is 11.8 Å². The van der Waals surface area contributed by atoms with Crippen molar-refractivity contribution in [3.8, 4) is 0 Å². The Bertz CT molecular complexity index is 451. The summed E-state index contributed by atoms with van der Waals surface area (Å²) in [6, 6.07) is 9.50. The summed E-state index contributed by atoms with van der Waals surface area (Å²) in [6.07, 6.45) is 5.99. The SMILES string of the molecule is Cc1cccc(CCNC2CCOC3(CCSCC3)C2)c1. The Morgan fingerprint density at radius 2 is 2.19 bits per heavy atom. The van der Waals surface area contributed by atoms with Gasteiger partial charge in [-0.05, 0) is 62.6 Å². The molecule has 2 heterocycles. The topological polar surface area (TPSA) is 21.3 Å². The summed E-state index contributed by atoms with van der Waals surface area (Å²) < 4.78 is 6.16. The van der Waals surface area contributed by atoms with Crippen LogP contribution in [0.2, 0.25) is 0 Å². The number of hydrogen-bond acceptors (Lipinski definition) is 3. The molecule has 0 aliphatic carbocycles. The standard InChI is InChI=1S/C18H27NOS/c1-15-3-2-4-16(13-15)5-9-19-17-6-10-20-18(14-17)7-11-21-12-8-18/h2-4,13,17,19H,5-12,14H2,1H3. The zero-order chi connectivity index (χ0) is 14.5. The minimum absolute atomic E-state index is 0.199. The van der Waals surface area contributed by atoms with Crippen LogP contribution in [0.15, 0.2) is 24.3 Å². The van der Waals surface area contributed by atoms with Gasteiger partial charge >= 0.3 is 0 Å². The van der Waals surface area contributed by atoms with Crippen molar-refractivity contribution in [1.29, 1.82) is 0 Å². The molecule has 1 atom stereocenters. The Balaban J connectivity index is 1.46. The second kappa shape index (κ2) is 7.17. The van der Waals surface area contributed by atoms with Gasteiger partial charge in [0, 0.05) is 12.6 Å². The number of nitrogens with one attached hydrogen (secondary N) is 1. The minimum atomic E-state index is 0.199. The highest BCUT2D eigenvalue weighted by atomic mass is 32.2. The van der Waals surface area contributed by atoms with Gasteiger partial charge in [0.25, 0.3) is 0 Å². The fraction of sp³-hybridized carbons (Fsp3) is 0.667. The van der Waals surface area contributed by atoms with E-state index in [0.717, 1.165) is 19.6 Å². The van der Waals surface area contributed by atoms with Gasteiger partial charge in [-0.3, -0.25) is 0 Å². The smallest absolute Gasteiger partial charge is 0.0713 e. The van der Waals surface area contributed by atoms with Crippen molar-refractivity contribution in [3.05, 3.63) is 35.4 Å². The van der Waals surface area contributed by atoms with Crippen molar-refractivity contribution in [2.75, 3.05) is 24.7 Å². The van der Waals surface area contributed by atoms with Crippen LogP contribution in [0, 0.1) is 6.92 Å². The van der Waals surface area contributed by atoms with Crippen molar-refractivity contribution < 1.29 is 4.74 Å². The van der Waals surface area contributed by atoms with Gasteiger partial charge < -0.3 is 10.1 Å². The van der Waals surface area contributed by atoms with Crippen molar-refractivity contribution in [3.63, 3.8) is 0 Å². The predicted molar refractivity (Wildman–Crippen MR) is 91.1 cm³/mol. The van der Waals surface area contributed by atoms with Gasteiger partial charge in [0.15, 0.2) is 0 Å². The summed E-state index contributed by atoms with van der Waals surface area (Å²) in [5.74, 6) is 2.55. The second-order valence-corrected chi connectivity index (χ2v) is 7.75. The van der Waals surface area contributed by atoms with Crippen LogP contribution in [0.4, 0.5) is 0 Å². The summed E-state index contributed by atoms with van der Waals surface area (Å²) in [6.45, 7) is 4.19. The van der Waals surface area contributed by atoms with Crippen molar-refractivity contribution in [1.82, 2.24) is 5.32 Å². The molecule has 3 rings (SSSR count). The molecular weight excluding hydrogens is 278 g/mol. The highest BCUT2D eigenvalue weighted by Gasteiger charge is 2.38. The average molecular weight is 305 g/mol. The van der Waals surface area contributed by atoms with E-state index in [-0.39, 0.29) is 5.60 Å². The summed E-state index contributed by atoms with van der Waals surface area (Å²) in [5, 5.41) is 3.77. The molecule has 0 amide bonds. The Morgan fingerprint density at radius 1 is 1.33 bits per heavy atom. The van der Waals surface area contributed by atoms with Crippen LogP contribution >= 0.6 is 11.8 Å². The maximum atomic E-state index is 6.16. The molecule has 21 heavy (non-hydrogen) atoms. The third-order valence-electron chi connectivity index (χ3n) is 4.83. The van der Waals surface area contributed by atoms with Crippen molar-refractivity contribution in [2.45, 2.75) is 50.7 Å². The van der Waals surface area contributed by atoms with Gasteiger partial charge in [0.2, 0.25) is 0 Å². The number of benzene rings is 1. The molecule has 3 heteroatoms. The van der Waals surface area contributed by atoms with E-state index in [4.69, 9.17) is 4.74 Å². The summed E-state index contributed by atoms with van der Waals surface area (Å²) in [5.41, 5.74) is 3.00. The summed E-state index contributed by atoms with van der Waals surface area (Å²) in [4.78, 5) is 0. The molecule has 1 spiro atoms.